The highest BCUT2D eigenvalue weighted by molar-refractivity contribution is 7.80. The van der Waals surface area contributed by atoms with Gasteiger partial charge in [0.25, 0.3) is 5.91 Å². The van der Waals surface area contributed by atoms with Crippen LogP contribution < -0.4 is 21.5 Å². The van der Waals surface area contributed by atoms with E-state index in [1.165, 1.54) is 5.56 Å². The van der Waals surface area contributed by atoms with E-state index in [1.807, 2.05) is 30.3 Å². The first-order chi connectivity index (χ1) is 16.9. The van der Waals surface area contributed by atoms with Gasteiger partial charge in [-0.1, -0.05) is 37.3 Å². The van der Waals surface area contributed by atoms with Gasteiger partial charge in [0.15, 0.2) is 5.11 Å². The number of rotatable bonds is 11. The van der Waals surface area contributed by atoms with Crippen molar-refractivity contribution >= 4 is 46.7 Å². The van der Waals surface area contributed by atoms with E-state index in [1.54, 1.807) is 31.2 Å². The standard InChI is InChI=1S/C25H30N4O5S/c1-2-21(30)26-20-15-13-19(14-16-20)24(33)28-29-25(35)27-22(31)11-6-12-23(32)34-17-7-10-18-8-4-3-5-9-18/h3-5,8-9,13-16H,2,6-7,10-12,17H2,1H3,(H,26,30)(H,28,33)(H2,27,29,31,35). The van der Waals surface area contributed by atoms with Crippen LogP contribution in [0.25, 0.3) is 0 Å². The highest BCUT2D eigenvalue weighted by atomic mass is 32.1. The number of hydrazine groups is 1. The normalized spacial score (nSPS) is 10.1. The minimum Gasteiger partial charge on any atom is -0.466 e. The minimum absolute atomic E-state index is 0.0707. The van der Waals surface area contributed by atoms with Crippen LogP contribution in [0.15, 0.2) is 54.6 Å². The van der Waals surface area contributed by atoms with E-state index < -0.39 is 5.91 Å². The largest absolute Gasteiger partial charge is 0.466 e. The molecule has 0 atom stereocenters. The Morgan fingerprint density at radius 2 is 1.57 bits per heavy atom. The fourth-order valence-corrected chi connectivity index (χ4v) is 3.10. The van der Waals surface area contributed by atoms with Crippen molar-refractivity contribution in [3.05, 3.63) is 65.7 Å². The van der Waals surface area contributed by atoms with Crippen molar-refractivity contribution in [2.24, 2.45) is 0 Å². The lowest BCUT2D eigenvalue weighted by Gasteiger charge is -2.11. The van der Waals surface area contributed by atoms with Crippen LogP contribution in [0.5, 0.6) is 0 Å². The second-order valence-electron chi connectivity index (χ2n) is 7.60. The van der Waals surface area contributed by atoms with Gasteiger partial charge in [-0.2, -0.15) is 0 Å². The summed E-state index contributed by atoms with van der Waals surface area (Å²) >= 11 is 5.00. The summed E-state index contributed by atoms with van der Waals surface area (Å²) in [5.74, 6) is -1.32. The molecule has 9 nitrogen and oxygen atoms in total. The summed E-state index contributed by atoms with van der Waals surface area (Å²) in [7, 11) is 0. The van der Waals surface area contributed by atoms with Crippen LogP contribution >= 0.6 is 12.2 Å². The molecule has 0 aromatic heterocycles. The van der Waals surface area contributed by atoms with E-state index in [0.717, 1.165) is 12.8 Å². The Morgan fingerprint density at radius 3 is 2.26 bits per heavy atom. The molecule has 35 heavy (non-hydrogen) atoms. The van der Waals surface area contributed by atoms with Gasteiger partial charge in [-0.15, -0.1) is 0 Å². The predicted molar refractivity (Wildman–Crippen MR) is 136 cm³/mol. The number of carbonyl (C=O) groups excluding carboxylic acids is 4. The van der Waals surface area contributed by atoms with E-state index in [-0.39, 0.29) is 35.7 Å². The van der Waals surface area contributed by atoms with Gasteiger partial charge in [-0.25, -0.2) is 0 Å². The summed E-state index contributed by atoms with van der Waals surface area (Å²) in [6.07, 6.45) is 2.46. The Bertz CT molecular complexity index is 1010. The van der Waals surface area contributed by atoms with Gasteiger partial charge < -0.3 is 15.4 Å². The van der Waals surface area contributed by atoms with E-state index in [2.05, 4.69) is 21.5 Å². The quantitative estimate of drug-likeness (QED) is 0.162. The number of carbonyl (C=O) groups is 4. The number of nitrogens with one attached hydrogen (secondary N) is 4. The summed E-state index contributed by atoms with van der Waals surface area (Å²) in [5, 5.41) is 5.05. The number of hydrogen-bond donors (Lipinski definition) is 4. The Morgan fingerprint density at radius 1 is 0.857 bits per heavy atom. The molecule has 0 fully saturated rings. The molecule has 0 saturated heterocycles. The van der Waals surface area contributed by atoms with Crippen molar-refractivity contribution in [2.45, 2.75) is 45.4 Å². The average molecular weight is 499 g/mol. The first-order valence-corrected chi connectivity index (χ1v) is 11.8. The first-order valence-electron chi connectivity index (χ1n) is 11.4. The molecule has 0 saturated carbocycles. The Labute approximate surface area is 210 Å². The van der Waals surface area contributed by atoms with E-state index >= 15 is 0 Å². The van der Waals surface area contributed by atoms with Crippen LogP contribution in [0.1, 0.15) is 54.9 Å². The molecule has 0 aliphatic carbocycles. The molecule has 0 heterocycles. The fourth-order valence-electron chi connectivity index (χ4n) is 2.93. The van der Waals surface area contributed by atoms with Crippen molar-refractivity contribution in [1.29, 1.82) is 0 Å². The molecule has 2 aromatic rings. The van der Waals surface area contributed by atoms with Crippen LogP contribution in [0.3, 0.4) is 0 Å². The maximum Gasteiger partial charge on any atom is 0.305 e. The van der Waals surface area contributed by atoms with Crippen molar-refractivity contribution in [2.75, 3.05) is 11.9 Å². The molecule has 0 unspecified atom stereocenters. The number of esters is 1. The number of anilines is 1. The number of amides is 3. The zero-order valence-corrected chi connectivity index (χ0v) is 20.4. The van der Waals surface area contributed by atoms with Crippen molar-refractivity contribution in [1.82, 2.24) is 16.2 Å². The number of aryl methyl sites for hydroxylation is 1. The molecule has 0 bridgehead atoms. The van der Waals surface area contributed by atoms with Crippen LogP contribution in [0.2, 0.25) is 0 Å². The van der Waals surface area contributed by atoms with Crippen LogP contribution in [-0.4, -0.2) is 35.4 Å². The summed E-state index contributed by atoms with van der Waals surface area (Å²) in [5.41, 5.74) is 6.95. The smallest absolute Gasteiger partial charge is 0.305 e. The topological polar surface area (TPSA) is 126 Å². The van der Waals surface area contributed by atoms with Crippen LogP contribution in [0.4, 0.5) is 5.69 Å². The summed E-state index contributed by atoms with van der Waals surface area (Å²) in [4.78, 5) is 47.3. The fraction of sp³-hybridized carbons (Fsp3) is 0.320. The Balaban J connectivity index is 1.56. The summed E-state index contributed by atoms with van der Waals surface area (Å²) in [6, 6.07) is 16.3. The van der Waals surface area contributed by atoms with Gasteiger partial charge in [0, 0.05) is 30.5 Å². The van der Waals surface area contributed by atoms with Gasteiger partial charge in [-0.05, 0) is 61.3 Å². The molecule has 2 aromatic carbocycles. The van der Waals surface area contributed by atoms with Crippen LogP contribution in [-0.2, 0) is 25.5 Å². The lowest BCUT2D eigenvalue weighted by molar-refractivity contribution is -0.143. The number of thiocarbonyl (C=S) groups is 1. The Hall–Kier alpha value is -3.79. The maximum atomic E-state index is 12.2. The zero-order chi connectivity index (χ0) is 25.5. The molecule has 0 spiro atoms. The van der Waals surface area contributed by atoms with Gasteiger partial charge in [-0.3, -0.25) is 30.0 Å². The van der Waals surface area contributed by atoms with Gasteiger partial charge >= 0.3 is 5.97 Å². The first kappa shape index (κ1) is 27.5. The molecule has 0 aliphatic heterocycles. The number of ether oxygens (including phenoxy) is 1. The second-order valence-corrected chi connectivity index (χ2v) is 8.01. The summed E-state index contributed by atoms with van der Waals surface area (Å²) < 4.78 is 5.19. The molecule has 186 valence electrons. The average Bonchev–Trinajstić information content (AvgIpc) is 2.86. The molecule has 2 rings (SSSR count). The minimum atomic E-state index is -0.468. The molecule has 10 heteroatoms. The van der Waals surface area contributed by atoms with Crippen LogP contribution in [0, 0.1) is 0 Å². The molecule has 3 amide bonds. The monoisotopic (exact) mass is 498 g/mol. The van der Waals surface area contributed by atoms with E-state index in [9.17, 15) is 19.2 Å². The van der Waals surface area contributed by atoms with E-state index in [4.69, 9.17) is 17.0 Å². The van der Waals surface area contributed by atoms with E-state index in [0.29, 0.717) is 30.7 Å². The molecular formula is C25H30N4O5S. The van der Waals surface area contributed by atoms with Gasteiger partial charge in [0.05, 0.1) is 6.61 Å². The molecule has 0 aliphatic rings. The molecule has 4 N–H and O–H groups in total. The van der Waals surface area contributed by atoms with Crippen molar-refractivity contribution < 1.29 is 23.9 Å². The maximum absolute atomic E-state index is 12.2. The number of hydrogen-bond acceptors (Lipinski definition) is 6. The van der Waals surface area contributed by atoms with Gasteiger partial charge in [0.2, 0.25) is 11.8 Å². The third-order valence-corrected chi connectivity index (χ3v) is 5.00. The summed E-state index contributed by atoms with van der Waals surface area (Å²) in [6.45, 7) is 2.08. The molecular weight excluding hydrogens is 468 g/mol. The SMILES string of the molecule is CCC(=O)Nc1ccc(C(=O)NNC(=S)NC(=O)CCCC(=O)OCCCc2ccccc2)cc1. The zero-order valence-electron chi connectivity index (χ0n) is 19.6. The lowest BCUT2D eigenvalue weighted by atomic mass is 10.1. The molecule has 0 radical (unpaired) electrons. The number of benzene rings is 2. The highest BCUT2D eigenvalue weighted by Crippen LogP contribution is 2.10. The van der Waals surface area contributed by atoms with Gasteiger partial charge in [0.1, 0.15) is 0 Å². The Kier molecular flexibility index (Phi) is 11.9. The van der Waals surface area contributed by atoms with Crippen molar-refractivity contribution in [3.63, 3.8) is 0 Å². The van der Waals surface area contributed by atoms with Crippen molar-refractivity contribution in [3.8, 4) is 0 Å². The third-order valence-electron chi connectivity index (χ3n) is 4.79. The third kappa shape index (κ3) is 11.3. The lowest BCUT2D eigenvalue weighted by Crippen LogP contribution is -2.48. The second kappa shape index (κ2) is 15.2. The highest BCUT2D eigenvalue weighted by Gasteiger charge is 2.10. The predicted octanol–water partition coefficient (Wildman–Crippen LogP) is 3.02.